The normalized spacial score (nSPS) is 17.3. The Bertz CT molecular complexity index is 991. The fraction of sp³-hybridized carbons (Fsp3) is 0.500. The number of piperazine rings is 1. The third kappa shape index (κ3) is 4.60. The number of aromatic nitrogens is 3. The molecule has 2 aromatic rings. The molecule has 0 aliphatic carbocycles. The van der Waals surface area contributed by atoms with Crippen LogP contribution in [-0.4, -0.2) is 63.8 Å². The van der Waals surface area contributed by atoms with E-state index >= 15 is 0 Å². The number of halogens is 3. The molecule has 1 aliphatic rings. The lowest BCUT2D eigenvalue weighted by Gasteiger charge is -2.40. The van der Waals surface area contributed by atoms with Gasteiger partial charge in [0.25, 0.3) is 0 Å². The standard InChI is InChI=1S/C18H19Cl2FN6O2/c1-18(2,3)29-17(28)27-6-5-26(9-10(27)7-22-4)15-11-8-23-14(19)12(21)13(11)24-16(20)25-15/h8,10H,5-7,9H2,1-3H3/t10-/m0/s1. The molecule has 0 radical (unpaired) electrons. The Morgan fingerprint density at radius 1 is 1.38 bits per heavy atom. The van der Waals surface area contributed by atoms with E-state index in [-0.39, 0.29) is 22.5 Å². The number of anilines is 1. The molecule has 0 bridgehead atoms. The van der Waals surface area contributed by atoms with Crippen molar-refractivity contribution in [3.63, 3.8) is 0 Å². The summed E-state index contributed by atoms with van der Waals surface area (Å²) in [5.74, 6) is -0.401. The van der Waals surface area contributed by atoms with Crippen molar-refractivity contribution in [1.29, 1.82) is 0 Å². The van der Waals surface area contributed by atoms with Gasteiger partial charge < -0.3 is 14.5 Å². The molecule has 1 aliphatic heterocycles. The first-order chi connectivity index (χ1) is 13.6. The second-order valence-corrected chi connectivity index (χ2v) is 8.25. The Kier molecular flexibility index (Phi) is 5.96. The summed E-state index contributed by atoms with van der Waals surface area (Å²) in [6.45, 7) is 13.7. The first kappa shape index (κ1) is 21.3. The quantitative estimate of drug-likeness (QED) is 0.401. The van der Waals surface area contributed by atoms with Gasteiger partial charge in [0, 0.05) is 25.8 Å². The highest BCUT2D eigenvalue weighted by atomic mass is 35.5. The van der Waals surface area contributed by atoms with Gasteiger partial charge in [0.15, 0.2) is 11.0 Å². The van der Waals surface area contributed by atoms with Crippen molar-refractivity contribution in [3.8, 4) is 0 Å². The first-order valence-corrected chi connectivity index (χ1v) is 9.61. The number of pyridine rings is 1. The van der Waals surface area contributed by atoms with Crippen molar-refractivity contribution in [2.75, 3.05) is 31.1 Å². The summed E-state index contributed by atoms with van der Waals surface area (Å²) in [7, 11) is 0. The average Bonchev–Trinajstić information content (AvgIpc) is 2.63. The molecule has 0 unspecified atom stereocenters. The molecule has 2 aromatic heterocycles. The summed E-state index contributed by atoms with van der Waals surface area (Å²) >= 11 is 11.8. The van der Waals surface area contributed by atoms with Crippen LogP contribution in [0.4, 0.5) is 15.0 Å². The van der Waals surface area contributed by atoms with E-state index in [1.165, 1.54) is 6.20 Å². The van der Waals surface area contributed by atoms with Crippen LogP contribution in [-0.2, 0) is 4.74 Å². The van der Waals surface area contributed by atoms with Crippen molar-refractivity contribution in [1.82, 2.24) is 19.9 Å². The van der Waals surface area contributed by atoms with Gasteiger partial charge in [-0.05, 0) is 32.4 Å². The van der Waals surface area contributed by atoms with Crippen LogP contribution in [0.3, 0.4) is 0 Å². The van der Waals surface area contributed by atoms with Crippen molar-refractivity contribution in [3.05, 3.63) is 33.9 Å². The molecule has 11 heteroatoms. The number of carbonyl (C=O) groups excluding carboxylic acids is 1. The lowest BCUT2D eigenvalue weighted by atomic mass is 10.1. The van der Waals surface area contributed by atoms with Crippen LogP contribution < -0.4 is 4.90 Å². The first-order valence-electron chi connectivity index (χ1n) is 8.85. The van der Waals surface area contributed by atoms with Crippen LogP contribution in [0, 0.1) is 12.4 Å². The minimum absolute atomic E-state index is 0.0312. The molecule has 8 nitrogen and oxygen atoms in total. The van der Waals surface area contributed by atoms with Gasteiger partial charge in [-0.2, -0.15) is 4.98 Å². The Balaban J connectivity index is 1.93. The molecule has 0 spiro atoms. The van der Waals surface area contributed by atoms with Crippen molar-refractivity contribution < 1.29 is 13.9 Å². The van der Waals surface area contributed by atoms with Crippen LogP contribution in [0.5, 0.6) is 0 Å². The smallest absolute Gasteiger partial charge is 0.410 e. The van der Waals surface area contributed by atoms with E-state index in [9.17, 15) is 9.18 Å². The summed E-state index contributed by atoms with van der Waals surface area (Å²) in [5.41, 5.74) is -0.674. The average molecular weight is 441 g/mol. The van der Waals surface area contributed by atoms with Gasteiger partial charge in [-0.25, -0.2) is 25.7 Å². The van der Waals surface area contributed by atoms with Gasteiger partial charge >= 0.3 is 6.09 Å². The van der Waals surface area contributed by atoms with E-state index in [1.807, 2.05) is 4.90 Å². The zero-order valence-corrected chi connectivity index (χ0v) is 17.6. The van der Waals surface area contributed by atoms with E-state index in [0.717, 1.165) is 0 Å². The topological polar surface area (TPSA) is 75.8 Å². The van der Waals surface area contributed by atoms with E-state index in [4.69, 9.17) is 34.5 Å². The number of nitrogens with zero attached hydrogens (tertiary/aromatic N) is 6. The Labute approximate surface area is 177 Å². The van der Waals surface area contributed by atoms with Crippen LogP contribution in [0.15, 0.2) is 6.20 Å². The Morgan fingerprint density at radius 2 is 2.10 bits per heavy atom. The highest BCUT2D eigenvalue weighted by Gasteiger charge is 2.36. The van der Waals surface area contributed by atoms with Crippen LogP contribution in [0.25, 0.3) is 15.7 Å². The molecule has 1 saturated heterocycles. The number of hydrogen-bond acceptors (Lipinski definition) is 6. The fourth-order valence-corrected chi connectivity index (χ4v) is 3.41. The zero-order valence-electron chi connectivity index (χ0n) is 16.1. The molecule has 0 N–H and O–H groups in total. The Hall–Kier alpha value is -2.44. The number of amides is 1. The minimum atomic E-state index is -0.778. The maximum atomic E-state index is 14.4. The molecule has 1 fully saturated rings. The maximum absolute atomic E-state index is 14.4. The molecular formula is C18H19Cl2FN6O2. The van der Waals surface area contributed by atoms with Gasteiger partial charge in [0.05, 0.1) is 5.39 Å². The third-order valence-electron chi connectivity index (χ3n) is 4.31. The lowest BCUT2D eigenvalue weighted by molar-refractivity contribution is 0.0156. The zero-order chi connectivity index (χ0) is 21.3. The molecule has 29 heavy (non-hydrogen) atoms. The van der Waals surface area contributed by atoms with Crippen LogP contribution >= 0.6 is 23.2 Å². The van der Waals surface area contributed by atoms with Crippen molar-refractivity contribution in [2.24, 2.45) is 0 Å². The number of fused-ring (bicyclic) bond motifs is 1. The van der Waals surface area contributed by atoms with Gasteiger partial charge in [0.1, 0.15) is 23.0 Å². The summed E-state index contributed by atoms with van der Waals surface area (Å²) in [5, 5.41) is -0.0904. The van der Waals surface area contributed by atoms with Crippen LogP contribution in [0.1, 0.15) is 20.8 Å². The van der Waals surface area contributed by atoms with E-state index in [2.05, 4.69) is 19.8 Å². The predicted molar refractivity (Wildman–Crippen MR) is 108 cm³/mol. The van der Waals surface area contributed by atoms with Crippen molar-refractivity contribution in [2.45, 2.75) is 32.4 Å². The molecule has 3 heterocycles. The number of rotatable bonds is 2. The van der Waals surface area contributed by atoms with Crippen molar-refractivity contribution >= 4 is 46.0 Å². The fourth-order valence-electron chi connectivity index (χ4n) is 3.10. The summed E-state index contributed by atoms with van der Waals surface area (Å²) in [6, 6.07) is -0.426. The van der Waals surface area contributed by atoms with E-state index < -0.39 is 23.6 Å². The molecule has 1 amide bonds. The summed E-state index contributed by atoms with van der Waals surface area (Å²) in [4.78, 5) is 31.4. The molecule has 154 valence electrons. The minimum Gasteiger partial charge on any atom is -0.444 e. The lowest BCUT2D eigenvalue weighted by Crippen LogP contribution is -2.57. The number of ether oxygens (including phenoxy) is 1. The summed E-state index contributed by atoms with van der Waals surface area (Å²) in [6.07, 6.45) is 0.909. The molecule has 0 saturated carbocycles. The molecule has 3 rings (SSSR count). The number of hydrogen-bond donors (Lipinski definition) is 0. The number of carbonyl (C=O) groups is 1. The molecule has 1 atom stereocenters. The highest BCUT2D eigenvalue weighted by Crippen LogP contribution is 2.30. The summed E-state index contributed by atoms with van der Waals surface area (Å²) < 4.78 is 19.8. The van der Waals surface area contributed by atoms with Gasteiger partial charge in [-0.15, -0.1) is 0 Å². The Morgan fingerprint density at radius 3 is 2.76 bits per heavy atom. The highest BCUT2D eigenvalue weighted by molar-refractivity contribution is 6.30. The van der Waals surface area contributed by atoms with Crippen LogP contribution in [0.2, 0.25) is 10.4 Å². The molecular weight excluding hydrogens is 422 g/mol. The van der Waals surface area contributed by atoms with E-state index in [0.29, 0.717) is 30.8 Å². The third-order valence-corrected chi connectivity index (χ3v) is 4.74. The largest absolute Gasteiger partial charge is 0.444 e. The second-order valence-electron chi connectivity index (χ2n) is 7.56. The maximum Gasteiger partial charge on any atom is 0.410 e. The SMILES string of the molecule is [C-]#[N+]C[C@H]1CN(c2nc(Cl)nc3c(F)c(Cl)ncc23)CCN1C(=O)OC(C)(C)C. The van der Waals surface area contributed by atoms with E-state index in [1.54, 1.807) is 25.7 Å². The van der Waals surface area contributed by atoms with Gasteiger partial charge in [0.2, 0.25) is 11.8 Å². The second kappa shape index (κ2) is 8.13. The molecule has 0 aromatic carbocycles. The monoisotopic (exact) mass is 440 g/mol. The predicted octanol–water partition coefficient (Wildman–Crippen LogP) is 3.82. The van der Waals surface area contributed by atoms with Gasteiger partial charge in [-0.1, -0.05) is 11.6 Å². The van der Waals surface area contributed by atoms with Gasteiger partial charge in [-0.3, -0.25) is 4.90 Å².